The van der Waals surface area contributed by atoms with Crippen molar-refractivity contribution < 1.29 is 22.7 Å². The highest BCUT2D eigenvalue weighted by atomic mass is 32.2. The Bertz CT molecular complexity index is 913. The Labute approximate surface area is 152 Å². The van der Waals surface area contributed by atoms with Gasteiger partial charge in [0.2, 0.25) is 10.0 Å². The molecule has 1 N–H and O–H groups in total. The zero-order valence-electron chi connectivity index (χ0n) is 14.5. The fourth-order valence-electron chi connectivity index (χ4n) is 2.69. The minimum atomic E-state index is -3.40. The summed E-state index contributed by atoms with van der Waals surface area (Å²) in [6.45, 7) is 0.696. The summed E-state index contributed by atoms with van der Waals surface area (Å²) in [7, 11) is -1.73. The van der Waals surface area contributed by atoms with E-state index in [-0.39, 0.29) is 12.0 Å². The average molecular weight is 376 g/mol. The number of nitrogens with zero attached hydrogens (tertiary/aromatic N) is 1. The third-order valence-electron chi connectivity index (χ3n) is 3.80. The summed E-state index contributed by atoms with van der Waals surface area (Å²) in [5, 5.41) is 0. The first kappa shape index (κ1) is 18.1. The Morgan fingerprint density at radius 3 is 2.65 bits per heavy atom. The van der Waals surface area contributed by atoms with Crippen LogP contribution in [-0.4, -0.2) is 51.8 Å². The van der Waals surface area contributed by atoms with E-state index in [0.717, 1.165) is 6.26 Å². The van der Waals surface area contributed by atoms with Crippen molar-refractivity contribution in [2.75, 3.05) is 31.2 Å². The molecule has 2 aromatic rings. The SMILES string of the molecule is CN(C[C@H]1COc2ccccc2O1)C(=O)c1cccc(NS(C)(=O)=O)c1. The number of hydrogen-bond acceptors (Lipinski definition) is 5. The second kappa shape index (κ2) is 7.25. The van der Waals surface area contributed by atoms with E-state index in [9.17, 15) is 13.2 Å². The molecule has 1 atom stereocenters. The molecule has 0 spiro atoms. The van der Waals surface area contributed by atoms with Crippen LogP contribution in [0.1, 0.15) is 10.4 Å². The van der Waals surface area contributed by atoms with Crippen LogP contribution in [0, 0.1) is 0 Å². The van der Waals surface area contributed by atoms with Gasteiger partial charge in [0.1, 0.15) is 6.61 Å². The minimum absolute atomic E-state index is 0.232. The number of para-hydroxylation sites is 2. The van der Waals surface area contributed by atoms with Gasteiger partial charge in [-0.1, -0.05) is 18.2 Å². The van der Waals surface area contributed by atoms with Crippen molar-refractivity contribution in [1.82, 2.24) is 4.90 Å². The summed E-state index contributed by atoms with van der Waals surface area (Å²) in [4.78, 5) is 14.2. The number of amides is 1. The predicted octanol–water partition coefficient (Wildman–Crippen LogP) is 1.97. The van der Waals surface area contributed by atoms with E-state index in [1.165, 1.54) is 11.0 Å². The molecule has 3 rings (SSSR count). The van der Waals surface area contributed by atoms with Crippen LogP contribution in [0.15, 0.2) is 48.5 Å². The molecule has 8 heteroatoms. The second-order valence-electron chi connectivity index (χ2n) is 6.14. The monoisotopic (exact) mass is 376 g/mol. The molecule has 0 fully saturated rings. The molecule has 1 aliphatic rings. The molecule has 0 aliphatic carbocycles. The van der Waals surface area contributed by atoms with Crippen LogP contribution in [0.25, 0.3) is 0 Å². The van der Waals surface area contributed by atoms with E-state index in [4.69, 9.17) is 9.47 Å². The second-order valence-corrected chi connectivity index (χ2v) is 7.89. The Hall–Kier alpha value is -2.74. The number of anilines is 1. The molecule has 0 radical (unpaired) electrons. The van der Waals surface area contributed by atoms with Crippen molar-refractivity contribution in [2.45, 2.75) is 6.10 Å². The average Bonchev–Trinajstić information content (AvgIpc) is 2.59. The van der Waals surface area contributed by atoms with Gasteiger partial charge in [-0.2, -0.15) is 0 Å². The minimum Gasteiger partial charge on any atom is -0.486 e. The van der Waals surface area contributed by atoms with Crippen molar-refractivity contribution in [3.05, 3.63) is 54.1 Å². The molecule has 1 heterocycles. The lowest BCUT2D eigenvalue weighted by atomic mass is 10.1. The number of carbonyl (C=O) groups is 1. The molecule has 26 heavy (non-hydrogen) atoms. The van der Waals surface area contributed by atoms with Gasteiger partial charge in [-0.25, -0.2) is 8.42 Å². The summed E-state index contributed by atoms with van der Waals surface area (Å²) in [6, 6.07) is 13.8. The molecule has 1 aliphatic heterocycles. The topological polar surface area (TPSA) is 84.9 Å². The summed E-state index contributed by atoms with van der Waals surface area (Å²) >= 11 is 0. The third kappa shape index (κ3) is 4.45. The number of ether oxygens (including phenoxy) is 2. The maximum atomic E-state index is 12.6. The van der Waals surface area contributed by atoms with Gasteiger partial charge in [0.05, 0.1) is 12.8 Å². The zero-order chi connectivity index (χ0) is 18.7. The molecule has 0 saturated carbocycles. The molecule has 0 aromatic heterocycles. The first-order valence-corrected chi connectivity index (χ1v) is 9.93. The Morgan fingerprint density at radius 1 is 1.19 bits per heavy atom. The number of rotatable bonds is 5. The van der Waals surface area contributed by atoms with Gasteiger partial charge in [0.25, 0.3) is 5.91 Å². The smallest absolute Gasteiger partial charge is 0.253 e. The molecular formula is C18H20N2O5S. The number of fused-ring (bicyclic) bond motifs is 1. The quantitative estimate of drug-likeness (QED) is 0.862. The van der Waals surface area contributed by atoms with E-state index in [2.05, 4.69) is 4.72 Å². The fraction of sp³-hybridized carbons (Fsp3) is 0.278. The van der Waals surface area contributed by atoms with Gasteiger partial charge in [0, 0.05) is 18.3 Å². The number of sulfonamides is 1. The van der Waals surface area contributed by atoms with Crippen LogP contribution < -0.4 is 14.2 Å². The van der Waals surface area contributed by atoms with E-state index in [1.54, 1.807) is 25.2 Å². The molecule has 2 aromatic carbocycles. The lowest BCUT2D eigenvalue weighted by Gasteiger charge is -2.29. The fourth-order valence-corrected chi connectivity index (χ4v) is 3.25. The number of likely N-dealkylation sites (N-methyl/N-ethyl adjacent to an activating group) is 1. The Morgan fingerprint density at radius 2 is 1.92 bits per heavy atom. The van der Waals surface area contributed by atoms with Crippen molar-refractivity contribution in [3.8, 4) is 11.5 Å². The van der Waals surface area contributed by atoms with Crippen molar-refractivity contribution in [1.29, 1.82) is 0 Å². The first-order chi connectivity index (χ1) is 12.3. The van der Waals surface area contributed by atoms with Gasteiger partial charge in [-0.05, 0) is 30.3 Å². The van der Waals surface area contributed by atoms with Gasteiger partial charge in [0.15, 0.2) is 17.6 Å². The first-order valence-electron chi connectivity index (χ1n) is 8.03. The van der Waals surface area contributed by atoms with E-state index in [0.29, 0.717) is 35.9 Å². The van der Waals surface area contributed by atoms with Gasteiger partial charge in [-0.3, -0.25) is 9.52 Å². The highest BCUT2D eigenvalue weighted by molar-refractivity contribution is 7.92. The number of carbonyl (C=O) groups excluding carboxylic acids is 1. The summed E-state index contributed by atoms with van der Waals surface area (Å²) in [6.07, 6.45) is 0.780. The summed E-state index contributed by atoms with van der Waals surface area (Å²) in [5.74, 6) is 1.12. The maximum Gasteiger partial charge on any atom is 0.253 e. The predicted molar refractivity (Wildman–Crippen MR) is 98.2 cm³/mol. The van der Waals surface area contributed by atoms with Gasteiger partial charge >= 0.3 is 0 Å². The molecular weight excluding hydrogens is 356 g/mol. The van der Waals surface area contributed by atoms with Crippen molar-refractivity contribution in [2.24, 2.45) is 0 Å². The van der Waals surface area contributed by atoms with Crippen LogP contribution in [0.5, 0.6) is 11.5 Å². The number of benzene rings is 2. The zero-order valence-corrected chi connectivity index (χ0v) is 15.3. The lowest BCUT2D eigenvalue weighted by Crippen LogP contribution is -2.41. The van der Waals surface area contributed by atoms with Crippen LogP contribution in [0.3, 0.4) is 0 Å². The standard InChI is InChI=1S/C18H20N2O5S/c1-20(11-15-12-24-16-8-3-4-9-17(16)25-15)18(21)13-6-5-7-14(10-13)19-26(2,22)23/h3-10,15,19H,11-12H2,1-2H3/t15-/m0/s1. The molecule has 138 valence electrons. The van der Waals surface area contributed by atoms with Crippen LogP contribution in [0.4, 0.5) is 5.69 Å². The number of hydrogen-bond donors (Lipinski definition) is 1. The largest absolute Gasteiger partial charge is 0.486 e. The van der Waals surface area contributed by atoms with Crippen molar-refractivity contribution >= 4 is 21.6 Å². The van der Waals surface area contributed by atoms with Crippen LogP contribution in [-0.2, 0) is 10.0 Å². The van der Waals surface area contributed by atoms with Gasteiger partial charge in [-0.15, -0.1) is 0 Å². The summed E-state index contributed by atoms with van der Waals surface area (Å²) < 4.78 is 36.6. The molecule has 0 bridgehead atoms. The highest BCUT2D eigenvalue weighted by Gasteiger charge is 2.24. The van der Waals surface area contributed by atoms with E-state index >= 15 is 0 Å². The van der Waals surface area contributed by atoms with Crippen LogP contribution >= 0.6 is 0 Å². The molecule has 1 amide bonds. The Kier molecular flexibility index (Phi) is 5.03. The lowest BCUT2D eigenvalue weighted by molar-refractivity contribution is 0.0521. The van der Waals surface area contributed by atoms with E-state index < -0.39 is 10.0 Å². The molecule has 7 nitrogen and oxygen atoms in total. The molecule has 0 unspecified atom stereocenters. The number of nitrogens with one attached hydrogen (secondary N) is 1. The van der Waals surface area contributed by atoms with Gasteiger partial charge < -0.3 is 14.4 Å². The summed E-state index contributed by atoms with van der Waals surface area (Å²) in [5.41, 5.74) is 0.733. The van der Waals surface area contributed by atoms with Crippen LogP contribution in [0.2, 0.25) is 0 Å². The third-order valence-corrected chi connectivity index (χ3v) is 4.41. The Balaban J connectivity index is 1.66. The molecule has 0 saturated heterocycles. The maximum absolute atomic E-state index is 12.6. The van der Waals surface area contributed by atoms with E-state index in [1.807, 2.05) is 24.3 Å². The normalized spacial score (nSPS) is 16.0. The van der Waals surface area contributed by atoms with Crippen molar-refractivity contribution in [3.63, 3.8) is 0 Å². The highest BCUT2D eigenvalue weighted by Crippen LogP contribution is 2.31.